The van der Waals surface area contributed by atoms with Gasteiger partial charge in [-0.15, -0.1) is 0 Å². The van der Waals surface area contributed by atoms with Gasteiger partial charge in [-0.3, -0.25) is 4.79 Å². The first-order valence-electron chi connectivity index (χ1n) is 6.72. The molecule has 0 atom stereocenters. The van der Waals surface area contributed by atoms with E-state index in [-0.39, 0.29) is 5.97 Å². The molecule has 1 aromatic rings. The Bertz CT molecular complexity index is 379. The van der Waals surface area contributed by atoms with Crippen LogP contribution in [0.2, 0.25) is 0 Å². The van der Waals surface area contributed by atoms with E-state index in [1.807, 2.05) is 12.1 Å². The van der Waals surface area contributed by atoms with Crippen molar-refractivity contribution in [3.63, 3.8) is 0 Å². The molecule has 0 unspecified atom stereocenters. The fraction of sp³-hybridized carbons (Fsp3) is 0.533. The molecule has 1 aromatic carbocycles. The van der Waals surface area contributed by atoms with Crippen LogP contribution in [0.1, 0.15) is 24.5 Å². The van der Waals surface area contributed by atoms with E-state index in [1.165, 1.54) is 11.1 Å². The van der Waals surface area contributed by atoms with Gasteiger partial charge in [0, 0.05) is 19.5 Å². The lowest BCUT2D eigenvalue weighted by atomic mass is 10.1. The molecule has 0 aromatic heterocycles. The summed E-state index contributed by atoms with van der Waals surface area (Å²) in [5.74, 6) is -0.179. The Kier molecular flexibility index (Phi) is 7.86. The minimum Gasteiger partial charge on any atom is -0.463 e. The molecule has 1 rings (SSSR count). The number of hydrogen-bond acceptors (Lipinski definition) is 4. The van der Waals surface area contributed by atoms with Gasteiger partial charge in [-0.2, -0.15) is 0 Å². The number of rotatable bonds is 9. The number of esters is 1. The molecule has 0 spiro atoms. The molecule has 0 heterocycles. The fourth-order valence-electron chi connectivity index (χ4n) is 1.59. The summed E-state index contributed by atoms with van der Waals surface area (Å²) in [5.41, 5.74) is 2.60. The molecule has 4 heteroatoms. The molecule has 0 fully saturated rings. The van der Waals surface area contributed by atoms with E-state index in [1.54, 1.807) is 6.92 Å². The minimum absolute atomic E-state index is 0.179. The molecule has 0 aliphatic carbocycles. The summed E-state index contributed by atoms with van der Waals surface area (Å²) in [4.78, 5) is 10.8. The zero-order valence-electron chi connectivity index (χ0n) is 11.8. The van der Waals surface area contributed by atoms with E-state index in [2.05, 4.69) is 24.4 Å². The Balaban J connectivity index is 1.97. The average molecular weight is 265 g/mol. The molecule has 19 heavy (non-hydrogen) atoms. The van der Waals surface area contributed by atoms with Crippen molar-refractivity contribution in [2.45, 2.75) is 26.8 Å². The summed E-state index contributed by atoms with van der Waals surface area (Å²) in [6.07, 6.45) is 0.415. The van der Waals surface area contributed by atoms with Crippen LogP contribution in [-0.2, 0) is 20.8 Å². The normalized spacial score (nSPS) is 10.4. The Labute approximate surface area is 115 Å². The second kappa shape index (κ2) is 9.53. The standard InChI is InChI=1S/C15H23NO3/c1-3-15(17)19-11-10-18-9-8-16-12-14-7-5-4-6-13(14)2/h4-7,16H,3,8-12H2,1-2H3. The highest BCUT2D eigenvalue weighted by atomic mass is 16.6. The first kappa shape index (κ1) is 15.7. The van der Waals surface area contributed by atoms with Gasteiger partial charge >= 0.3 is 5.97 Å². The molecule has 106 valence electrons. The van der Waals surface area contributed by atoms with Crippen molar-refractivity contribution in [3.05, 3.63) is 35.4 Å². The third-order valence-corrected chi connectivity index (χ3v) is 2.78. The van der Waals surface area contributed by atoms with Crippen LogP contribution in [0.3, 0.4) is 0 Å². The first-order valence-corrected chi connectivity index (χ1v) is 6.72. The van der Waals surface area contributed by atoms with E-state index in [0.717, 1.165) is 13.1 Å². The molecule has 0 aliphatic rings. The van der Waals surface area contributed by atoms with Crippen LogP contribution in [0.4, 0.5) is 0 Å². The van der Waals surface area contributed by atoms with E-state index >= 15 is 0 Å². The first-order chi connectivity index (χ1) is 9.24. The Morgan fingerprint density at radius 2 is 2.00 bits per heavy atom. The molecule has 4 nitrogen and oxygen atoms in total. The quantitative estimate of drug-likeness (QED) is 0.548. The van der Waals surface area contributed by atoms with Crippen LogP contribution >= 0.6 is 0 Å². The van der Waals surface area contributed by atoms with Crippen molar-refractivity contribution in [2.75, 3.05) is 26.4 Å². The maximum atomic E-state index is 10.8. The highest BCUT2D eigenvalue weighted by Crippen LogP contribution is 2.05. The average Bonchev–Trinajstić information content (AvgIpc) is 2.43. The highest BCUT2D eigenvalue weighted by Gasteiger charge is 1.98. The van der Waals surface area contributed by atoms with Gasteiger partial charge < -0.3 is 14.8 Å². The minimum atomic E-state index is -0.179. The SMILES string of the molecule is CCC(=O)OCCOCCNCc1ccccc1C. The Hall–Kier alpha value is -1.39. The van der Waals surface area contributed by atoms with E-state index in [0.29, 0.717) is 26.2 Å². The number of nitrogens with one attached hydrogen (secondary N) is 1. The van der Waals surface area contributed by atoms with Crippen LogP contribution in [0, 0.1) is 6.92 Å². The zero-order chi connectivity index (χ0) is 13.9. The van der Waals surface area contributed by atoms with Crippen LogP contribution in [0.5, 0.6) is 0 Å². The van der Waals surface area contributed by atoms with Crippen LogP contribution < -0.4 is 5.32 Å². The monoisotopic (exact) mass is 265 g/mol. The molecular formula is C15H23NO3. The molecule has 0 amide bonds. The summed E-state index contributed by atoms with van der Waals surface area (Å²) in [7, 11) is 0. The zero-order valence-corrected chi connectivity index (χ0v) is 11.8. The number of carbonyl (C=O) groups excluding carboxylic acids is 1. The van der Waals surface area contributed by atoms with Gasteiger partial charge in [0.15, 0.2) is 0 Å². The maximum absolute atomic E-state index is 10.8. The highest BCUT2D eigenvalue weighted by molar-refractivity contribution is 5.68. The number of carbonyl (C=O) groups is 1. The van der Waals surface area contributed by atoms with Crippen LogP contribution in [0.15, 0.2) is 24.3 Å². The smallest absolute Gasteiger partial charge is 0.305 e. The van der Waals surface area contributed by atoms with Gasteiger partial charge in [0.1, 0.15) is 6.61 Å². The maximum Gasteiger partial charge on any atom is 0.305 e. The second-order valence-corrected chi connectivity index (χ2v) is 4.29. The number of benzene rings is 1. The largest absolute Gasteiger partial charge is 0.463 e. The lowest BCUT2D eigenvalue weighted by Gasteiger charge is -2.08. The molecule has 0 bridgehead atoms. The van der Waals surface area contributed by atoms with Gasteiger partial charge in [0.25, 0.3) is 0 Å². The van der Waals surface area contributed by atoms with Crippen molar-refractivity contribution in [1.82, 2.24) is 5.32 Å². The number of hydrogen-bond donors (Lipinski definition) is 1. The lowest BCUT2D eigenvalue weighted by molar-refractivity contribution is -0.144. The second-order valence-electron chi connectivity index (χ2n) is 4.29. The summed E-state index contributed by atoms with van der Waals surface area (Å²) < 4.78 is 10.3. The van der Waals surface area contributed by atoms with Crippen LogP contribution in [-0.4, -0.2) is 32.3 Å². The van der Waals surface area contributed by atoms with Gasteiger partial charge in [-0.05, 0) is 18.1 Å². The van der Waals surface area contributed by atoms with Gasteiger partial charge in [-0.25, -0.2) is 0 Å². The summed E-state index contributed by atoms with van der Waals surface area (Å²) in [6.45, 7) is 6.93. The van der Waals surface area contributed by atoms with Crippen molar-refractivity contribution in [2.24, 2.45) is 0 Å². The van der Waals surface area contributed by atoms with Crippen molar-refractivity contribution in [3.8, 4) is 0 Å². The van der Waals surface area contributed by atoms with Gasteiger partial charge in [0.2, 0.25) is 0 Å². The third kappa shape index (κ3) is 6.94. The Morgan fingerprint density at radius 1 is 1.21 bits per heavy atom. The molecule has 1 N–H and O–H groups in total. The van der Waals surface area contributed by atoms with Crippen molar-refractivity contribution >= 4 is 5.97 Å². The molecule has 0 aliphatic heterocycles. The van der Waals surface area contributed by atoms with E-state index < -0.39 is 0 Å². The molecule has 0 radical (unpaired) electrons. The van der Waals surface area contributed by atoms with Crippen molar-refractivity contribution < 1.29 is 14.3 Å². The molecule has 0 saturated heterocycles. The van der Waals surface area contributed by atoms with Gasteiger partial charge in [-0.1, -0.05) is 31.2 Å². The molecule has 0 saturated carbocycles. The third-order valence-electron chi connectivity index (χ3n) is 2.78. The fourth-order valence-corrected chi connectivity index (χ4v) is 1.59. The van der Waals surface area contributed by atoms with Crippen molar-refractivity contribution in [1.29, 1.82) is 0 Å². The lowest BCUT2D eigenvalue weighted by Crippen LogP contribution is -2.21. The summed E-state index contributed by atoms with van der Waals surface area (Å²) in [5, 5.41) is 3.32. The van der Waals surface area contributed by atoms with E-state index in [4.69, 9.17) is 9.47 Å². The number of ether oxygens (including phenoxy) is 2. The molecular weight excluding hydrogens is 242 g/mol. The topological polar surface area (TPSA) is 47.6 Å². The predicted molar refractivity (Wildman–Crippen MR) is 75.0 cm³/mol. The van der Waals surface area contributed by atoms with E-state index in [9.17, 15) is 4.79 Å². The van der Waals surface area contributed by atoms with Gasteiger partial charge in [0.05, 0.1) is 13.2 Å². The van der Waals surface area contributed by atoms with Crippen LogP contribution in [0.25, 0.3) is 0 Å². The summed E-state index contributed by atoms with van der Waals surface area (Å²) in [6, 6.07) is 8.31. The Morgan fingerprint density at radius 3 is 2.74 bits per heavy atom. The summed E-state index contributed by atoms with van der Waals surface area (Å²) >= 11 is 0. The predicted octanol–water partition coefficient (Wildman–Crippen LogP) is 2.05. The number of aryl methyl sites for hydroxylation is 1.